The average molecular weight is 441 g/mol. The molecule has 0 spiro atoms. The largest absolute Gasteiger partial charge is 0.325 e. The number of aryl methyl sites for hydroxylation is 3. The number of hydrogen-bond acceptors (Lipinski definition) is 3. The molecule has 0 saturated heterocycles. The van der Waals surface area contributed by atoms with Crippen molar-refractivity contribution < 1.29 is 17.6 Å². The number of sulfonamides is 1. The summed E-state index contributed by atoms with van der Waals surface area (Å²) >= 11 is 0. The van der Waals surface area contributed by atoms with Crippen LogP contribution < -0.4 is 5.32 Å². The van der Waals surface area contributed by atoms with Gasteiger partial charge in [-0.3, -0.25) is 4.79 Å². The number of anilines is 1. The second kappa shape index (κ2) is 9.41. The van der Waals surface area contributed by atoms with E-state index in [1.807, 2.05) is 32.0 Å². The van der Waals surface area contributed by atoms with E-state index in [4.69, 9.17) is 0 Å². The van der Waals surface area contributed by atoms with E-state index in [0.29, 0.717) is 11.3 Å². The summed E-state index contributed by atoms with van der Waals surface area (Å²) in [5.74, 6) is -1.03. The number of nitrogens with zero attached hydrogens (tertiary/aromatic N) is 1. The molecule has 0 unspecified atom stereocenters. The van der Waals surface area contributed by atoms with Gasteiger partial charge in [-0.05, 0) is 67.3 Å². The van der Waals surface area contributed by atoms with Crippen LogP contribution in [0.4, 0.5) is 10.1 Å². The lowest BCUT2D eigenvalue weighted by atomic mass is 10.1. The topological polar surface area (TPSA) is 66.5 Å². The molecule has 3 rings (SSSR count). The van der Waals surface area contributed by atoms with E-state index in [2.05, 4.69) is 5.32 Å². The Morgan fingerprint density at radius 2 is 1.58 bits per heavy atom. The molecule has 1 N–H and O–H groups in total. The number of amides is 1. The number of rotatable bonds is 7. The lowest BCUT2D eigenvalue weighted by Crippen LogP contribution is -2.37. The summed E-state index contributed by atoms with van der Waals surface area (Å²) in [7, 11) is -3.95. The molecule has 0 aliphatic carbocycles. The van der Waals surface area contributed by atoms with Gasteiger partial charge in [-0.2, -0.15) is 4.31 Å². The maximum Gasteiger partial charge on any atom is 0.243 e. The van der Waals surface area contributed by atoms with E-state index < -0.39 is 28.3 Å². The van der Waals surface area contributed by atoms with Crippen molar-refractivity contribution in [3.8, 4) is 0 Å². The second-order valence-electron chi connectivity index (χ2n) is 7.51. The molecule has 3 aromatic carbocycles. The molecule has 1 amide bonds. The first-order chi connectivity index (χ1) is 14.7. The molecule has 0 aliphatic rings. The highest BCUT2D eigenvalue weighted by molar-refractivity contribution is 7.89. The van der Waals surface area contributed by atoms with Crippen molar-refractivity contribution in [3.05, 3.63) is 94.8 Å². The third-order valence-corrected chi connectivity index (χ3v) is 6.90. The van der Waals surface area contributed by atoms with Crippen LogP contribution in [-0.2, 0) is 21.4 Å². The van der Waals surface area contributed by atoms with Gasteiger partial charge in [0, 0.05) is 12.2 Å². The summed E-state index contributed by atoms with van der Waals surface area (Å²) in [6, 6.07) is 18.0. The number of carbonyl (C=O) groups is 1. The lowest BCUT2D eigenvalue weighted by molar-refractivity contribution is -0.116. The summed E-state index contributed by atoms with van der Waals surface area (Å²) in [4.78, 5) is 12.9. The van der Waals surface area contributed by atoms with Crippen molar-refractivity contribution in [2.75, 3.05) is 11.9 Å². The van der Waals surface area contributed by atoms with Crippen molar-refractivity contribution in [2.24, 2.45) is 0 Å². The Morgan fingerprint density at radius 3 is 2.26 bits per heavy atom. The molecule has 7 heteroatoms. The van der Waals surface area contributed by atoms with E-state index in [0.717, 1.165) is 21.0 Å². The standard InChI is InChI=1S/C24H25FN2O3S/c1-17-10-12-22(13-19(17)3)31(29,30)27(15-20-7-5-4-6-8-20)16-24(28)26-23-14-21(25)11-9-18(23)2/h4-14H,15-16H2,1-3H3,(H,26,28). The van der Waals surface area contributed by atoms with Crippen molar-refractivity contribution in [1.82, 2.24) is 4.31 Å². The van der Waals surface area contributed by atoms with Gasteiger partial charge in [-0.25, -0.2) is 12.8 Å². The van der Waals surface area contributed by atoms with Crippen LogP contribution in [0, 0.1) is 26.6 Å². The smallest absolute Gasteiger partial charge is 0.243 e. The Bertz CT molecular complexity index is 1190. The zero-order valence-electron chi connectivity index (χ0n) is 17.7. The SMILES string of the molecule is Cc1ccc(S(=O)(=O)N(CC(=O)Nc2cc(F)ccc2C)Cc2ccccc2)cc1C. The monoisotopic (exact) mass is 440 g/mol. The lowest BCUT2D eigenvalue weighted by Gasteiger charge is -2.22. The van der Waals surface area contributed by atoms with Gasteiger partial charge in [0.1, 0.15) is 5.82 Å². The Kier molecular flexibility index (Phi) is 6.87. The molecule has 0 bridgehead atoms. The predicted octanol–water partition coefficient (Wildman–Crippen LogP) is 4.58. The van der Waals surface area contributed by atoms with Crippen LogP contribution in [-0.4, -0.2) is 25.2 Å². The molecule has 0 radical (unpaired) electrons. The Morgan fingerprint density at radius 1 is 0.903 bits per heavy atom. The van der Waals surface area contributed by atoms with Gasteiger partial charge in [0.15, 0.2) is 0 Å². The first kappa shape index (κ1) is 22.7. The quantitative estimate of drug-likeness (QED) is 0.585. The summed E-state index contributed by atoms with van der Waals surface area (Å²) < 4.78 is 41.5. The van der Waals surface area contributed by atoms with E-state index >= 15 is 0 Å². The first-order valence-corrected chi connectivity index (χ1v) is 11.3. The minimum absolute atomic E-state index is 0.0334. The molecule has 31 heavy (non-hydrogen) atoms. The van der Waals surface area contributed by atoms with Crippen LogP contribution in [0.1, 0.15) is 22.3 Å². The number of halogens is 1. The molecule has 0 fully saturated rings. The van der Waals surface area contributed by atoms with Crippen LogP contribution >= 0.6 is 0 Å². The molecule has 0 aromatic heterocycles. The predicted molar refractivity (Wildman–Crippen MR) is 120 cm³/mol. The van der Waals surface area contributed by atoms with Gasteiger partial charge < -0.3 is 5.32 Å². The number of benzene rings is 3. The van der Waals surface area contributed by atoms with Gasteiger partial charge >= 0.3 is 0 Å². The van der Waals surface area contributed by atoms with E-state index in [-0.39, 0.29) is 11.4 Å². The van der Waals surface area contributed by atoms with Gasteiger partial charge in [0.05, 0.1) is 11.4 Å². The molecular weight excluding hydrogens is 415 g/mol. The Hall–Kier alpha value is -3.03. The summed E-state index contributed by atoms with van der Waals surface area (Å²) in [5.41, 5.74) is 3.58. The van der Waals surface area contributed by atoms with Gasteiger partial charge in [-0.1, -0.05) is 42.5 Å². The van der Waals surface area contributed by atoms with Crippen LogP contribution in [0.3, 0.4) is 0 Å². The molecule has 0 saturated carbocycles. The highest BCUT2D eigenvalue weighted by Gasteiger charge is 2.27. The van der Waals surface area contributed by atoms with Crippen LogP contribution in [0.5, 0.6) is 0 Å². The van der Waals surface area contributed by atoms with Gasteiger partial charge in [0.25, 0.3) is 0 Å². The molecule has 0 atom stereocenters. The van der Waals surface area contributed by atoms with Crippen LogP contribution in [0.15, 0.2) is 71.6 Å². The molecule has 0 heterocycles. The number of hydrogen-bond donors (Lipinski definition) is 1. The van der Waals surface area contributed by atoms with E-state index in [9.17, 15) is 17.6 Å². The normalized spacial score (nSPS) is 11.5. The van der Waals surface area contributed by atoms with Crippen molar-refractivity contribution in [1.29, 1.82) is 0 Å². The zero-order chi connectivity index (χ0) is 22.6. The van der Waals surface area contributed by atoms with Crippen molar-refractivity contribution in [2.45, 2.75) is 32.2 Å². The third kappa shape index (κ3) is 5.57. The molecule has 162 valence electrons. The molecule has 0 aliphatic heterocycles. The Balaban J connectivity index is 1.91. The van der Waals surface area contributed by atoms with Crippen LogP contribution in [0.25, 0.3) is 0 Å². The second-order valence-corrected chi connectivity index (χ2v) is 9.45. The minimum Gasteiger partial charge on any atom is -0.325 e. The summed E-state index contributed by atoms with van der Waals surface area (Å²) in [6.45, 7) is 5.12. The third-order valence-electron chi connectivity index (χ3n) is 5.11. The fraction of sp³-hybridized carbons (Fsp3) is 0.208. The fourth-order valence-electron chi connectivity index (χ4n) is 3.12. The maximum atomic E-state index is 13.6. The highest BCUT2D eigenvalue weighted by Crippen LogP contribution is 2.22. The maximum absolute atomic E-state index is 13.6. The highest BCUT2D eigenvalue weighted by atomic mass is 32.2. The van der Waals surface area contributed by atoms with Crippen molar-refractivity contribution in [3.63, 3.8) is 0 Å². The van der Waals surface area contributed by atoms with Crippen molar-refractivity contribution >= 4 is 21.6 Å². The molecule has 3 aromatic rings. The average Bonchev–Trinajstić information content (AvgIpc) is 2.73. The fourth-order valence-corrected chi connectivity index (χ4v) is 4.59. The number of nitrogens with one attached hydrogen (secondary N) is 1. The van der Waals surface area contributed by atoms with Crippen LogP contribution in [0.2, 0.25) is 0 Å². The summed E-state index contributed by atoms with van der Waals surface area (Å²) in [5, 5.41) is 2.63. The van der Waals surface area contributed by atoms with Gasteiger partial charge in [-0.15, -0.1) is 0 Å². The zero-order valence-corrected chi connectivity index (χ0v) is 18.5. The van der Waals surface area contributed by atoms with E-state index in [1.54, 1.807) is 43.3 Å². The van der Waals surface area contributed by atoms with Gasteiger partial charge in [0.2, 0.25) is 15.9 Å². The molecule has 5 nitrogen and oxygen atoms in total. The summed E-state index contributed by atoms with van der Waals surface area (Å²) in [6.07, 6.45) is 0. The number of carbonyl (C=O) groups excluding carboxylic acids is 1. The molecular formula is C24H25FN2O3S. The minimum atomic E-state index is -3.95. The first-order valence-electron chi connectivity index (χ1n) is 9.84. The Labute approximate surface area is 182 Å². The van der Waals surface area contributed by atoms with E-state index in [1.165, 1.54) is 12.1 Å².